The first kappa shape index (κ1) is 22.1. The monoisotopic (exact) mass is 486 g/mol. The lowest BCUT2D eigenvalue weighted by Crippen LogP contribution is -2.38. The third-order valence-corrected chi connectivity index (χ3v) is 6.91. The van der Waals surface area contributed by atoms with Crippen LogP contribution in [0, 0.1) is 0 Å². The molecule has 0 fully saturated rings. The Balaban J connectivity index is 1.92. The Morgan fingerprint density at radius 2 is 1.53 bits per heavy atom. The molecule has 0 aromatic heterocycles. The number of carbonyl (C=O) groups excluding carboxylic acids is 1. The van der Waals surface area contributed by atoms with Crippen molar-refractivity contribution in [1.29, 1.82) is 0 Å². The minimum Gasteiger partial charge on any atom is -0.325 e. The Morgan fingerprint density at radius 1 is 0.933 bits per heavy atom. The van der Waals surface area contributed by atoms with Gasteiger partial charge in [0.25, 0.3) is 10.0 Å². The van der Waals surface area contributed by atoms with Gasteiger partial charge in [0.15, 0.2) is 0 Å². The summed E-state index contributed by atoms with van der Waals surface area (Å²) >= 11 is 3.35. The standard InChI is InChI=1S/C23H23BrN2O3S/c1-17(2)18-8-14-21(15-9-18)26(30(28,29)22-6-4-3-5-7-22)16-23(27)25-20-12-10-19(24)11-13-20/h3-15,17H,16H2,1-2H3,(H,25,27). The summed E-state index contributed by atoms with van der Waals surface area (Å²) in [6.07, 6.45) is 0. The van der Waals surface area contributed by atoms with E-state index in [0.29, 0.717) is 17.3 Å². The van der Waals surface area contributed by atoms with Gasteiger partial charge in [-0.3, -0.25) is 9.10 Å². The van der Waals surface area contributed by atoms with Gasteiger partial charge in [-0.05, 0) is 60.0 Å². The van der Waals surface area contributed by atoms with Crippen LogP contribution in [0.25, 0.3) is 0 Å². The molecule has 0 aliphatic carbocycles. The van der Waals surface area contributed by atoms with E-state index in [-0.39, 0.29) is 11.4 Å². The van der Waals surface area contributed by atoms with Crippen molar-refractivity contribution in [1.82, 2.24) is 0 Å². The molecule has 5 nitrogen and oxygen atoms in total. The van der Waals surface area contributed by atoms with Gasteiger partial charge in [-0.25, -0.2) is 8.42 Å². The van der Waals surface area contributed by atoms with Crippen LogP contribution in [0.15, 0.2) is 88.2 Å². The molecule has 0 heterocycles. The molecule has 0 saturated heterocycles. The first-order chi connectivity index (χ1) is 14.3. The van der Waals surface area contributed by atoms with Gasteiger partial charge < -0.3 is 5.32 Å². The zero-order chi connectivity index (χ0) is 21.7. The van der Waals surface area contributed by atoms with Gasteiger partial charge in [0.05, 0.1) is 10.6 Å². The van der Waals surface area contributed by atoms with Crippen molar-refractivity contribution in [2.24, 2.45) is 0 Å². The minimum absolute atomic E-state index is 0.134. The fourth-order valence-corrected chi connectivity index (χ4v) is 4.63. The van der Waals surface area contributed by atoms with Gasteiger partial charge in [-0.1, -0.05) is 60.1 Å². The molecule has 0 unspecified atom stereocenters. The van der Waals surface area contributed by atoms with E-state index >= 15 is 0 Å². The van der Waals surface area contributed by atoms with Crippen LogP contribution in [0.2, 0.25) is 0 Å². The molecular formula is C23H23BrN2O3S. The average molecular weight is 487 g/mol. The summed E-state index contributed by atoms with van der Waals surface area (Å²) in [5, 5.41) is 2.76. The second-order valence-electron chi connectivity index (χ2n) is 7.13. The van der Waals surface area contributed by atoms with Crippen molar-refractivity contribution < 1.29 is 13.2 Å². The lowest BCUT2D eigenvalue weighted by molar-refractivity contribution is -0.114. The molecular weight excluding hydrogens is 464 g/mol. The van der Waals surface area contributed by atoms with Gasteiger partial charge in [-0.15, -0.1) is 0 Å². The summed E-state index contributed by atoms with van der Waals surface area (Å²) in [6.45, 7) is 3.80. The second kappa shape index (κ2) is 9.45. The summed E-state index contributed by atoms with van der Waals surface area (Å²) in [7, 11) is -3.92. The Labute approximate surface area is 185 Å². The molecule has 0 spiro atoms. The number of hydrogen-bond acceptors (Lipinski definition) is 3. The molecule has 1 amide bonds. The number of sulfonamides is 1. The molecule has 3 aromatic rings. The summed E-state index contributed by atoms with van der Waals surface area (Å²) in [5.41, 5.74) is 2.12. The van der Waals surface area contributed by atoms with Gasteiger partial charge in [0.2, 0.25) is 5.91 Å². The number of rotatable bonds is 7. The molecule has 3 aromatic carbocycles. The molecule has 0 saturated carbocycles. The van der Waals surface area contributed by atoms with Crippen LogP contribution in [0.1, 0.15) is 25.3 Å². The molecule has 30 heavy (non-hydrogen) atoms. The zero-order valence-electron chi connectivity index (χ0n) is 16.7. The molecule has 0 radical (unpaired) electrons. The number of benzene rings is 3. The molecule has 7 heteroatoms. The Morgan fingerprint density at radius 3 is 2.10 bits per heavy atom. The maximum atomic E-state index is 13.3. The number of carbonyl (C=O) groups is 1. The van der Waals surface area contributed by atoms with Crippen LogP contribution in [0.3, 0.4) is 0 Å². The van der Waals surface area contributed by atoms with Crippen LogP contribution >= 0.6 is 15.9 Å². The second-order valence-corrected chi connectivity index (χ2v) is 9.90. The van der Waals surface area contributed by atoms with E-state index in [1.807, 2.05) is 12.1 Å². The predicted molar refractivity (Wildman–Crippen MR) is 124 cm³/mol. The highest BCUT2D eigenvalue weighted by molar-refractivity contribution is 9.10. The summed E-state index contributed by atoms with van der Waals surface area (Å²) < 4.78 is 28.7. The van der Waals surface area contributed by atoms with Crippen molar-refractivity contribution in [3.8, 4) is 0 Å². The van der Waals surface area contributed by atoms with Crippen LogP contribution in [-0.2, 0) is 14.8 Å². The Kier molecular flexibility index (Phi) is 6.95. The molecule has 3 rings (SSSR count). The minimum atomic E-state index is -3.92. The van der Waals surface area contributed by atoms with E-state index in [2.05, 4.69) is 35.1 Å². The summed E-state index contributed by atoms with van der Waals surface area (Å²) in [6, 6.07) is 22.5. The van der Waals surface area contributed by atoms with E-state index in [9.17, 15) is 13.2 Å². The highest BCUT2D eigenvalue weighted by Gasteiger charge is 2.27. The van der Waals surface area contributed by atoms with Gasteiger partial charge in [0.1, 0.15) is 6.54 Å². The van der Waals surface area contributed by atoms with Gasteiger partial charge in [0, 0.05) is 10.2 Å². The normalized spacial score (nSPS) is 11.3. The molecule has 0 atom stereocenters. The smallest absolute Gasteiger partial charge is 0.264 e. The number of nitrogens with one attached hydrogen (secondary N) is 1. The SMILES string of the molecule is CC(C)c1ccc(N(CC(=O)Nc2ccc(Br)cc2)S(=O)(=O)c2ccccc2)cc1. The lowest BCUT2D eigenvalue weighted by atomic mass is 10.0. The quantitative estimate of drug-likeness (QED) is 0.485. The van der Waals surface area contributed by atoms with E-state index in [4.69, 9.17) is 0 Å². The van der Waals surface area contributed by atoms with E-state index in [1.54, 1.807) is 54.6 Å². The molecule has 1 N–H and O–H groups in total. The molecule has 156 valence electrons. The fraction of sp³-hybridized carbons (Fsp3) is 0.174. The highest BCUT2D eigenvalue weighted by Crippen LogP contribution is 2.26. The first-order valence-electron chi connectivity index (χ1n) is 9.50. The van der Waals surface area contributed by atoms with E-state index < -0.39 is 15.9 Å². The number of amides is 1. The molecule has 0 aliphatic rings. The zero-order valence-corrected chi connectivity index (χ0v) is 19.2. The highest BCUT2D eigenvalue weighted by atomic mass is 79.9. The van der Waals surface area contributed by atoms with Crippen LogP contribution in [0.5, 0.6) is 0 Å². The molecule has 0 aliphatic heterocycles. The fourth-order valence-electron chi connectivity index (χ4n) is 2.92. The lowest BCUT2D eigenvalue weighted by Gasteiger charge is -2.24. The topological polar surface area (TPSA) is 66.5 Å². The first-order valence-corrected chi connectivity index (χ1v) is 11.7. The third kappa shape index (κ3) is 5.29. The Hall–Kier alpha value is -2.64. The van der Waals surface area contributed by atoms with Crippen LogP contribution in [-0.4, -0.2) is 20.9 Å². The third-order valence-electron chi connectivity index (χ3n) is 4.59. The van der Waals surface area contributed by atoms with Crippen molar-refractivity contribution in [2.75, 3.05) is 16.2 Å². The number of hydrogen-bond donors (Lipinski definition) is 1. The summed E-state index contributed by atoms with van der Waals surface area (Å²) in [5.74, 6) is -0.108. The number of nitrogens with zero attached hydrogens (tertiary/aromatic N) is 1. The molecule has 0 bridgehead atoms. The van der Waals surface area contributed by atoms with Crippen molar-refractivity contribution in [2.45, 2.75) is 24.7 Å². The number of halogens is 1. The maximum absolute atomic E-state index is 13.3. The van der Waals surface area contributed by atoms with E-state index in [0.717, 1.165) is 14.3 Å². The van der Waals surface area contributed by atoms with Crippen LogP contribution in [0.4, 0.5) is 11.4 Å². The number of anilines is 2. The summed E-state index contributed by atoms with van der Waals surface area (Å²) in [4.78, 5) is 12.8. The van der Waals surface area contributed by atoms with Crippen molar-refractivity contribution in [3.63, 3.8) is 0 Å². The van der Waals surface area contributed by atoms with Gasteiger partial charge in [-0.2, -0.15) is 0 Å². The Bertz CT molecular complexity index is 1100. The van der Waals surface area contributed by atoms with Gasteiger partial charge >= 0.3 is 0 Å². The maximum Gasteiger partial charge on any atom is 0.264 e. The van der Waals surface area contributed by atoms with Crippen molar-refractivity contribution >= 4 is 43.2 Å². The van der Waals surface area contributed by atoms with Crippen molar-refractivity contribution in [3.05, 3.63) is 88.9 Å². The average Bonchev–Trinajstić information content (AvgIpc) is 2.74. The largest absolute Gasteiger partial charge is 0.325 e. The van der Waals surface area contributed by atoms with Crippen LogP contribution < -0.4 is 9.62 Å². The van der Waals surface area contributed by atoms with E-state index in [1.165, 1.54) is 12.1 Å². The predicted octanol–water partition coefficient (Wildman–Crippen LogP) is 5.41.